The van der Waals surface area contributed by atoms with Gasteiger partial charge in [0.05, 0.1) is 6.61 Å². The van der Waals surface area contributed by atoms with E-state index in [1.807, 2.05) is 31.2 Å². The zero-order valence-corrected chi connectivity index (χ0v) is 9.15. The van der Waals surface area contributed by atoms with E-state index in [1.54, 1.807) is 0 Å². The van der Waals surface area contributed by atoms with E-state index >= 15 is 0 Å². The van der Waals surface area contributed by atoms with E-state index in [0.717, 1.165) is 24.2 Å². The van der Waals surface area contributed by atoms with Crippen LogP contribution in [0.3, 0.4) is 0 Å². The zero-order chi connectivity index (χ0) is 11.1. The highest BCUT2D eigenvalue weighted by atomic mass is 16.5. The fourth-order valence-corrected chi connectivity index (χ4v) is 1.37. The molecule has 0 heterocycles. The Balaban J connectivity index is 2.67. The Morgan fingerprint density at radius 2 is 2.13 bits per heavy atom. The van der Waals surface area contributed by atoms with Gasteiger partial charge in [-0.2, -0.15) is 0 Å². The summed E-state index contributed by atoms with van der Waals surface area (Å²) in [6.07, 6.45) is 1.71. The summed E-state index contributed by atoms with van der Waals surface area (Å²) in [5, 5.41) is 8.92. The predicted octanol–water partition coefficient (Wildman–Crippen LogP) is 1.34. The maximum absolute atomic E-state index is 8.92. The lowest BCUT2D eigenvalue weighted by atomic mass is 10.1. The molecule has 0 unspecified atom stereocenters. The second-order valence-electron chi connectivity index (χ2n) is 3.61. The number of nitrogens with two attached hydrogens (primary N) is 1. The van der Waals surface area contributed by atoms with Crippen molar-refractivity contribution < 1.29 is 9.84 Å². The fourth-order valence-electron chi connectivity index (χ4n) is 1.37. The smallest absolute Gasteiger partial charge is 0.123 e. The Labute approximate surface area is 90.9 Å². The van der Waals surface area contributed by atoms with E-state index in [1.165, 1.54) is 0 Å². The predicted molar refractivity (Wildman–Crippen MR) is 61.0 cm³/mol. The number of hydrogen-bond acceptors (Lipinski definition) is 3. The van der Waals surface area contributed by atoms with Crippen molar-refractivity contribution in [1.29, 1.82) is 0 Å². The van der Waals surface area contributed by atoms with Crippen molar-refractivity contribution in [2.75, 3.05) is 13.2 Å². The largest absolute Gasteiger partial charge is 0.488 e. The van der Waals surface area contributed by atoms with E-state index in [2.05, 4.69) is 0 Å². The lowest BCUT2D eigenvalue weighted by molar-refractivity contribution is 0.128. The van der Waals surface area contributed by atoms with Gasteiger partial charge in [-0.3, -0.25) is 0 Å². The van der Waals surface area contributed by atoms with Gasteiger partial charge in [0.15, 0.2) is 0 Å². The van der Waals surface area contributed by atoms with Gasteiger partial charge in [-0.1, -0.05) is 18.2 Å². The van der Waals surface area contributed by atoms with Crippen molar-refractivity contribution >= 4 is 0 Å². The van der Waals surface area contributed by atoms with Gasteiger partial charge in [-0.05, 0) is 37.9 Å². The van der Waals surface area contributed by atoms with Gasteiger partial charge in [0, 0.05) is 0 Å². The second-order valence-corrected chi connectivity index (χ2v) is 3.61. The van der Waals surface area contributed by atoms with Gasteiger partial charge in [0.2, 0.25) is 0 Å². The van der Waals surface area contributed by atoms with Crippen molar-refractivity contribution in [3.63, 3.8) is 0 Å². The van der Waals surface area contributed by atoms with E-state index in [4.69, 9.17) is 15.6 Å². The quantitative estimate of drug-likeness (QED) is 0.743. The molecule has 0 fully saturated rings. The molecule has 0 saturated carbocycles. The molecule has 3 nitrogen and oxygen atoms in total. The van der Waals surface area contributed by atoms with Crippen LogP contribution in [0.4, 0.5) is 0 Å². The highest BCUT2D eigenvalue weighted by Gasteiger charge is 2.06. The van der Waals surface area contributed by atoms with Crippen LogP contribution >= 0.6 is 0 Å². The monoisotopic (exact) mass is 209 g/mol. The molecule has 1 aromatic rings. The molecular weight excluding hydrogens is 190 g/mol. The van der Waals surface area contributed by atoms with Crippen LogP contribution < -0.4 is 10.5 Å². The van der Waals surface area contributed by atoms with Crippen LogP contribution in [0.25, 0.3) is 0 Å². The maximum Gasteiger partial charge on any atom is 0.123 e. The molecule has 0 aliphatic rings. The minimum Gasteiger partial charge on any atom is -0.488 e. The lowest BCUT2D eigenvalue weighted by Crippen LogP contribution is -2.17. The first-order valence-corrected chi connectivity index (χ1v) is 5.33. The number of benzene rings is 1. The van der Waals surface area contributed by atoms with Crippen LogP contribution in [-0.4, -0.2) is 24.4 Å². The number of rotatable bonds is 6. The van der Waals surface area contributed by atoms with Gasteiger partial charge in [0.1, 0.15) is 11.9 Å². The normalized spacial score (nSPS) is 12.5. The van der Waals surface area contributed by atoms with Crippen molar-refractivity contribution in [3.8, 4) is 5.75 Å². The number of ether oxygens (including phenoxy) is 1. The Morgan fingerprint density at radius 3 is 2.80 bits per heavy atom. The summed E-state index contributed by atoms with van der Waals surface area (Å²) in [6, 6.07) is 7.89. The van der Waals surface area contributed by atoms with Crippen LogP contribution in [0.1, 0.15) is 18.9 Å². The van der Waals surface area contributed by atoms with Crippen LogP contribution in [0, 0.1) is 0 Å². The summed E-state index contributed by atoms with van der Waals surface area (Å²) in [7, 11) is 0. The van der Waals surface area contributed by atoms with Crippen molar-refractivity contribution in [1.82, 2.24) is 0 Å². The molecule has 0 radical (unpaired) electrons. The van der Waals surface area contributed by atoms with Gasteiger partial charge >= 0.3 is 0 Å². The molecule has 0 bridgehead atoms. The van der Waals surface area contributed by atoms with E-state index < -0.39 is 0 Å². The summed E-state index contributed by atoms with van der Waals surface area (Å²) in [6.45, 7) is 2.56. The number of para-hydroxylation sites is 1. The first-order valence-electron chi connectivity index (χ1n) is 5.33. The minimum atomic E-state index is -0.163. The van der Waals surface area contributed by atoms with Gasteiger partial charge in [-0.25, -0.2) is 0 Å². The average Bonchev–Trinajstić information content (AvgIpc) is 2.28. The molecule has 3 N–H and O–H groups in total. The van der Waals surface area contributed by atoms with Crippen molar-refractivity contribution in [2.24, 2.45) is 5.73 Å². The molecule has 84 valence electrons. The summed E-state index contributed by atoms with van der Waals surface area (Å²) < 4.78 is 5.60. The molecule has 15 heavy (non-hydrogen) atoms. The lowest BCUT2D eigenvalue weighted by Gasteiger charge is -2.15. The molecular formula is C12H19NO2. The topological polar surface area (TPSA) is 55.5 Å². The van der Waals surface area contributed by atoms with Crippen LogP contribution in [0.5, 0.6) is 5.75 Å². The Hall–Kier alpha value is -1.06. The molecule has 3 heteroatoms. The SMILES string of the molecule is C[C@H](CO)Oc1ccccc1CCCN. The second kappa shape index (κ2) is 6.43. The summed E-state index contributed by atoms with van der Waals surface area (Å²) in [4.78, 5) is 0. The van der Waals surface area contributed by atoms with Gasteiger partial charge in [0.25, 0.3) is 0 Å². The number of aliphatic hydroxyl groups excluding tert-OH is 1. The van der Waals surface area contributed by atoms with Crippen molar-refractivity contribution in [3.05, 3.63) is 29.8 Å². The van der Waals surface area contributed by atoms with E-state index in [-0.39, 0.29) is 12.7 Å². The number of aryl methyl sites for hydroxylation is 1. The highest BCUT2D eigenvalue weighted by Crippen LogP contribution is 2.20. The standard InChI is InChI=1S/C12H19NO2/c1-10(9-14)15-12-7-3-2-5-11(12)6-4-8-13/h2-3,5,7,10,14H,4,6,8-9,13H2,1H3/t10-/m1/s1. The van der Waals surface area contributed by atoms with E-state index in [9.17, 15) is 0 Å². The first kappa shape index (κ1) is 12.0. The third-order valence-electron chi connectivity index (χ3n) is 2.21. The average molecular weight is 209 g/mol. The maximum atomic E-state index is 8.92. The molecule has 0 spiro atoms. The summed E-state index contributed by atoms with van der Waals surface area (Å²) >= 11 is 0. The minimum absolute atomic E-state index is 0.0330. The molecule has 0 amide bonds. The Morgan fingerprint density at radius 1 is 1.40 bits per heavy atom. The third-order valence-corrected chi connectivity index (χ3v) is 2.21. The van der Waals surface area contributed by atoms with Gasteiger partial charge in [-0.15, -0.1) is 0 Å². The molecule has 0 aromatic heterocycles. The van der Waals surface area contributed by atoms with Gasteiger partial charge < -0.3 is 15.6 Å². The zero-order valence-electron chi connectivity index (χ0n) is 9.15. The molecule has 0 aliphatic heterocycles. The van der Waals surface area contributed by atoms with Crippen LogP contribution in [0.2, 0.25) is 0 Å². The molecule has 1 atom stereocenters. The fraction of sp³-hybridized carbons (Fsp3) is 0.500. The van der Waals surface area contributed by atoms with Crippen molar-refractivity contribution in [2.45, 2.75) is 25.9 Å². The number of hydrogen-bond donors (Lipinski definition) is 2. The number of aliphatic hydroxyl groups is 1. The Kier molecular flexibility index (Phi) is 5.15. The first-order chi connectivity index (χ1) is 7.27. The summed E-state index contributed by atoms with van der Waals surface area (Å²) in [5.74, 6) is 0.854. The van der Waals surface area contributed by atoms with Crippen LogP contribution in [-0.2, 0) is 6.42 Å². The van der Waals surface area contributed by atoms with E-state index in [0.29, 0.717) is 6.54 Å². The highest BCUT2D eigenvalue weighted by molar-refractivity contribution is 5.33. The third kappa shape index (κ3) is 3.90. The summed E-state index contributed by atoms with van der Waals surface area (Å²) in [5.41, 5.74) is 6.63. The molecule has 1 aromatic carbocycles. The molecule has 1 rings (SSSR count). The molecule has 0 saturated heterocycles. The Bertz CT molecular complexity index is 289. The molecule has 0 aliphatic carbocycles. The van der Waals surface area contributed by atoms with Crippen LogP contribution in [0.15, 0.2) is 24.3 Å².